The van der Waals surface area contributed by atoms with E-state index in [1.807, 2.05) is 0 Å². The van der Waals surface area contributed by atoms with Gasteiger partial charge < -0.3 is 18.9 Å². The molecule has 3 aromatic carbocycles. The number of nitrogens with one attached hydrogen (secondary N) is 1. The fourth-order valence-corrected chi connectivity index (χ4v) is 4.43. The summed E-state index contributed by atoms with van der Waals surface area (Å²) in [5, 5.41) is 3.15. The van der Waals surface area contributed by atoms with Crippen LogP contribution in [0.1, 0.15) is 11.1 Å². The molecule has 0 unspecified atom stereocenters. The van der Waals surface area contributed by atoms with Crippen LogP contribution in [-0.2, 0) is 16.2 Å². The van der Waals surface area contributed by atoms with Gasteiger partial charge in [-0.05, 0) is 53.6 Å². The Morgan fingerprint density at radius 1 is 0.947 bits per heavy atom. The predicted molar refractivity (Wildman–Crippen MR) is 140 cm³/mol. The molecule has 0 atom stereocenters. The normalized spacial score (nSPS) is 15.6. The fraction of sp³-hybridized carbons (Fsp3) is 0.115. The van der Waals surface area contributed by atoms with E-state index in [0.29, 0.717) is 27.1 Å². The number of barbiturate groups is 1. The van der Waals surface area contributed by atoms with Gasteiger partial charge in [0.2, 0.25) is 6.79 Å². The lowest BCUT2D eigenvalue weighted by Gasteiger charge is -2.26. The number of carbonyl (C=O) groups is 3. The number of benzene rings is 3. The van der Waals surface area contributed by atoms with E-state index in [9.17, 15) is 14.4 Å². The van der Waals surface area contributed by atoms with Crippen LogP contribution in [0.3, 0.4) is 0 Å². The highest BCUT2D eigenvalue weighted by atomic mass is 35.5. The van der Waals surface area contributed by atoms with Crippen molar-refractivity contribution in [3.8, 4) is 23.0 Å². The van der Waals surface area contributed by atoms with Crippen molar-refractivity contribution in [1.29, 1.82) is 0 Å². The second-order valence-electron chi connectivity index (χ2n) is 8.07. The maximum Gasteiger partial charge on any atom is 0.335 e. The van der Waals surface area contributed by atoms with Crippen LogP contribution < -0.4 is 29.2 Å². The number of methoxy groups -OCH3 is 1. The van der Waals surface area contributed by atoms with Crippen LogP contribution in [0.5, 0.6) is 23.0 Å². The monoisotopic (exact) mass is 574 g/mol. The van der Waals surface area contributed by atoms with Gasteiger partial charge in [0.1, 0.15) is 12.2 Å². The molecular weight excluding hydrogens is 559 g/mol. The topological polar surface area (TPSA) is 103 Å². The van der Waals surface area contributed by atoms with Gasteiger partial charge in [0, 0.05) is 6.07 Å². The Kier molecular flexibility index (Phi) is 7.07. The number of nitrogens with zero attached hydrogens (tertiary/aromatic N) is 1. The largest absolute Gasteiger partial charge is 0.493 e. The molecule has 3 aromatic rings. The molecule has 5 rings (SSSR count). The number of hydrogen-bond acceptors (Lipinski definition) is 7. The third-order valence-corrected chi connectivity index (χ3v) is 6.67. The number of hydrogen-bond donors (Lipinski definition) is 1. The summed E-state index contributed by atoms with van der Waals surface area (Å²) in [6.07, 6.45) is 1.31. The Hall–Kier alpha value is -3.92. The lowest BCUT2D eigenvalue weighted by Crippen LogP contribution is -2.54. The summed E-state index contributed by atoms with van der Waals surface area (Å²) < 4.78 is 21.9. The summed E-state index contributed by atoms with van der Waals surface area (Å²) in [6.45, 7) is 0.152. The number of carbonyl (C=O) groups excluding carboxylic acids is 3. The smallest absolute Gasteiger partial charge is 0.335 e. The maximum atomic E-state index is 13.3. The highest BCUT2D eigenvalue weighted by Gasteiger charge is 2.37. The van der Waals surface area contributed by atoms with E-state index in [0.717, 1.165) is 10.5 Å². The first-order valence-corrected chi connectivity index (χ1v) is 12.1. The van der Waals surface area contributed by atoms with Crippen molar-refractivity contribution in [2.75, 3.05) is 18.8 Å². The number of anilines is 1. The van der Waals surface area contributed by atoms with E-state index in [1.54, 1.807) is 30.3 Å². The molecule has 0 saturated carbocycles. The van der Waals surface area contributed by atoms with Gasteiger partial charge >= 0.3 is 6.03 Å². The van der Waals surface area contributed by atoms with Crippen molar-refractivity contribution in [3.05, 3.63) is 80.3 Å². The number of amides is 4. The second kappa shape index (κ2) is 10.4. The van der Waals surface area contributed by atoms with Crippen LogP contribution in [0.2, 0.25) is 15.1 Å². The van der Waals surface area contributed by atoms with E-state index < -0.39 is 17.8 Å². The summed E-state index contributed by atoms with van der Waals surface area (Å²) in [5.41, 5.74) is 1.04. The maximum absolute atomic E-state index is 13.3. The van der Waals surface area contributed by atoms with E-state index >= 15 is 0 Å². The zero-order valence-electron chi connectivity index (χ0n) is 19.5. The molecule has 194 valence electrons. The molecule has 2 heterocycles. The highest BCUT2D eigenvalue weighted by molar-refractivity contribution is 6.42. The Morgan fingerprint density at radius 2 is 1.74 bits per heavy atom. The number of rotatable bonds is 6. The van der Waals surface area contributed by atoms with Crippen LogP contribution in [0, 0.1) is 0 Å². The van der Waals surface area contributed by atoms with Crippen LogP contribution >= 0.6 is 34.8 Å². The number of halogens is 3. The average Bonchev–Trinajstić information content (AvgIpc) is 3.35. The molecule has 1 saturated heterocycles. The molecular formula is C26H17Cl3N2O7. The average molecular weight is 576 g/mol. The van der Waals surface area contributed by atoms with Crippen molar-refractivity contribution >= 4 is 64.4 Å². The molecule has 2 aliphatic heterocycles. The van der Waals surface area contributed by atoms with Gasteiger partial charge in [-0.2, -0.15) is 0 Å². The van der Waals surface area contributed by atoms with Crippen molar-refractivity contribution < 1.29 is 33.3 Å². The zero-order chi connectivity index (χ0) is 27.0. The van der Waals surface area contributed by atoms with Gasteiger partial charge in [0.15, 0.2) is 23.0 Å². The van der Waals surface area contributed by atoms with Gasteiger partial charge in [0.25, 0.3) is 11.8 Å². The molecule has 2 aliphatic rings. The van der Waals surface area contributed by atoms with E-state index in [2.05, 4.69) is 5.32 Å². The molecule has 1 fully saturated rings. The molecule has 12 heteroatoms. The third kappa shape index (κ3) is 4.96. The summed E-state index contributed by atoms with van der Waals surface area (Å²) in [5.74, 6) is -0.317. The van der Waals surface area contributed by atoms with Gasteiger partial charge in [-0.25, -0.2) is 9.69 Å². The molecule has 0 aromatic heterocycles. The fourth-order valence-electron chi connectivity index (χ4n) is 3.83. The Bertz CT molecular complexity index is 1520. The van der Waals surface area contributed by atoms with Crippen LogP contribution in [0.25, 0.3) is 6.08 Å². The third-order valence-electron chi connectivity index (χ3n) is 5.65. The Morgan fingerprint density at radius 3 is 2.50 bits per heavy atom. The summed E-state index contributed by atoms with van der Waals surface area (Å²) in [7, 11) is 1.42. The number of urea groups is 1. The first-order chi connectivity index (χ1) is 18.2. The van der Waals surface area contributed by atoms with Gasteiger partial charge in [-0.15, -0.1) is 0 Å². The number of fused-ring (bicyclic) bond motifs is 1. The number of imide groups is 2. The molecule has 1 N–H and O–H groups in total. The van der Waals surface area contributed by atoms with Gasteiger partial charge in [-0.3, -0.25) is 14.9 Å². The van der Waals surface area contributed by atoms with Crippen molar-refractivity contribution in [3.63, 3.8) is 0 Å². The molecule has 0 aliphatic carbocycles. The summed E-state index contributed by atoms with van der Waals surface area (Å²) >= 11 is 18.5. The minimum Gasteiger partial charge on any atom is -0.493 e. The summed E-state index contributed by atoms with van der Waals surface area (Å²) in [6, 6.07) is 11.8. The lowest BCUT2D eigenvalue weighted by atomic mass is 10.1. The van der Waals surface area contributed by atoms with Crippen molar-refractivity contribution in [2.24, 2.45) is 0 Å². The van der Waals surface area contributed by atoms with E-state index in [1.165, 1.54) is 31.4 Å². The zero-order valence-corrected chi connectivity index (χ0v) is 21.8. The standard InChI is InChI=1S/C26H17Cl3N2O7/c1-35-22-9-14(8-19(29)23(22)36-11-13-2-4-17(27)18(28)7-13)6-16-24(32)30-26(34)31(25(16)33)15-3-5-20-21(10-15)38-12-37-20/h2-10H,11-12H2,1H3,(H,30,32,34)/b16-6+. The van der Waals surface area contributed by atoms with E-state index in [4.69, 9.17) is 53.8 Å². The van der Waals surface area contributed by atoms with E-state index in [-0.39, 0.29) is 41.2 Å². The SMILES string of the molecule is COc1cc(/C=C2\C(=O)NC(=O)N(c3ccc4c(c3)OCO4)C2=O)cc(Cl)c1OCc1ccc(Cl)c(Cl)c1. The van der Waals surface area contributed by atoms with Gasteiger partial charge in [-0.1, -0.05) is 40.9 Å². The first-order valence-electron chi connectivity index (χ1n) is 11.0. The lowest BCUT2D eigenvalue weighted by molar-refractivity contribution is -0.122. The minimum absolute atomic E-state index is 0.0261. The Labute approximate surface area is 231 Å². The summed E-state index contributed by atoms with van der Waals surface area (Å²) in [4.78, 5) is 39.2. The molecule has 4 amide bonds. The molecule has 38 heavy (non-hydrogen) atoms. The molecule has 0 bridgehead atoms. The predicted octanol–water partition coefficient (Wildman–Crippen LogP) is 5.63. The number of ether oxygens (including phenoxy) is 4. The minimum atomic E-state index is -0.891. The van der Waals surface area contributed by atoms with Crippen LogP contribution in [0.15, 0.2) is 54.1 Å². The Balaban J connectivity index is 1.43. The quantitative estimate of drug-likeness (QED) is 0.300. The first kappa shape index (κ1) is 25.7. The van der Waals surface area contributed by atoms with Crippen molar-refractivity contribution in [1.82, 2.24) is 5.32 Å². The molecule has 9 nitrogen and oxygen atoms in total. The van der Waals surface area contributed by atoms with Gasteiger partial charge in [0.05, 0.1) is 27.9 Å². The highest BCUT2D eigenvalue weighted by Crippen LogP contribution is 2.39. The van der Waals surface area contributed by atoms with Crippen LogP contribution in [0.4, 0.5) is 10.5 Å². The molecule has 0 radical (unpaired) electrons. The van der Waals surface area contributed by atoms with Crippen molar-refractivity contribution in [2.45, 2.75) is 6.61 Å². The molecule has 0 spiro atoms. The second-order valence-corrected chi connectivity index (χ2v) is 9.29. The van der Waals surface area contributed by atoms with Crippen LogP contribution in [-0.4, -0.2) is 31.7 Å².